The zero-order valence-electron chi connectivity index (χ0n) is 7.79. The van der Waals surface area contributed by atoms with Gasteiger partial charge in [0.15, 0.2) is 0 Å². The number of hydrogen-bond donors (Lipinski definition) is 1. The molecule has 1 aromatic carbocycles. The van der Waals surface area contributed by atoms with Crippen molar-refractivity contribution < 1.29 is 9.90 Å². The average Bonchev–Trinajstić information content (AvgIpc) is 2.30. The smallest absolute Gasteiger partial charge is 0.336 e. The lowest BCUT2D eigenvalue weighted by atomic mass is 10.0. The highest BCUT2D eigenvalue weighted by Crippen LogP contribution is 2.21. The van der Waals surface area contributed by atoms with Gasteiger partial charge in [-0.2, -0.15) is 0 Å². The summed E-state index contributed by atoms with van der Waals surface area (Å²) in [7, 11) is 0. The first-order chi connectivity index (χ1) is 7.29. The Bertz CT molecular complexity index is 483. The zero-order valence-corrected chi connectivity index (χ0v) is 7.79. The van der Waals surface area contributed by atoms with Crippen LogP contribution in [-0.2, 0) is 0 Å². The summed E-state index contributed by atoms with van der Waals surface area (Å²) in [6.45, 7) is 0. The van der Waals surface area contributed by atoms with Crippen LogP contribution in [0.2, 0.25) is 0 Å². The molecule has 74 valence electrons. The monoisotopic (exact) mass is 200 g/mol. The number of hydrogen-bond acceptors (Lipinski definition) is 3. The SMILES string of the molecule is O=C(O)c1ccccc1-c1cncnc1. The fraction of sp³-hybridized carbons (Fsp3) is 0. The van der Waals surface area contributed by atoms with Gasteiger partial charge in [0.25, 0.3) is 0 Å². The van der Waals surface area contributed by atoms with Crippen LogP contribution in [0.4, 0.5) is 0 Å². The molecule has 15 heavy (non-hydrogen) atoms. The maximum absolute atomic E-state index is 11.0. The van der Waals surface area contributed by atoms with E-state index in [1.165, 1.54) is 6.33 Å². The van der Waals surface area contributed by atoms with E-state index < -0.39 is 5.97 Å². The molecule has 2 aromatic rings. The average molecular weight is 200 g/mol. The Balaban J connectivity index is 2.58. The molecular formula is C11H8N2O2. The number of aromatic nitrogens is 2. The Morgan fingerprint density at radius 1 is 1.13 bits per heavy atom. The third kappa shape index (κ3) is 1.83. The summed E-state index contributed by atoms with van der Waals surface area (Å²) in [5, 5.41) is 8.99. The zero-order chi connectivity index (χ0) is 10.7. The molecule has 1 N–H and O–H groups in total. The van der Waals surface area contributed by atoms with Gasteiger partial charge in [0.2, 0.25) is 0 Å². The molecule has 0 fully saturated rings. The van der Waals surface area contributed by atoms with Crippen molar-refractivity contribution in [3.8, 4) is 11.1 Å². The van der Waals surface area contributed by atoms with Crippen molar-refractivity contribution in [3.05, 3.63) is 48.5 Å². The number of benzene rings is 1. The van der Waals surface area contributed by atoms with Crippen LogP contribution in [0.15, 0.2) is 43.0 Å². The summed E-state index contributed by atoms with van der Waals surface area (Å²) in [5.74, 6) is -0.950. The Hall–Kier alpha value is -2.23. The van der Waals surface area contributed by atoms with Crippen LogP contribution in [0, 0.1) is 0 Å². The molecule has 0 atom stereocenters. The van der Waals surface area contributed by atoms with E-state index in [2.05, 4.69) is 9.97 Å². The first-order valence-corrected chi connectivity index (χ1v) is 4.37. The maximum Gasteiger partial charge on any atom is 0.336 e. The van der Waals surface area contributed by atoms with Crippen molar-refractivity contribution >= 4 is 5.97 Å². The van der Waals surface area contributed by atoms with Gasteiger partial charge in [-0.1, -0.05) is 18.2 Å². The van der Waals surface area contributed by atoms with E-state index in [1.807, 2.05) is 0 Å². The predicted octanol–water partition coefficient (Wildman–Crippen LogP) is 1.84. The van der Waals surface area contributed by atoms with Gasteiger partial charge in [-0.05, 0) is 11.6 Å². The second-order valence-electron chi connectivity index (χ2n) is 2.98. The summed E-state index contributed by atoms with van der Waals surface area (Å²) in [6.07, 6.45) is 4.59. The van der Waals surface area contributed by atoms with E-state index in [4.69, 9.17) is 5.11 Å². The number of nitrogens with zero attached hydrogens (tertiary/aromatic N) is 2. The Morgan fingerprint density at radius 2 is 1.80 bits per heavy atom. The van der Waals surface area contributed by atoms with Gasteiger partial charge in [-0.15, -0.1) is 0 Å². The van der Waals surface area contributed by atoms with Gasteiger partial charge in [-0.25, -0.2) is 14.8 Å². The van der Waals surface area contributed by atoms with Crippen LogP contribution in [0.1, 0.15) is 10.4 Å². The van der Waals surface area contributed by atoms with Gasteiger partial charge < -0.3 is 5.11 Å². The van der Waals surface area contributed by atoms with Crippen LogP contribution in [0.3, 0.4) is 0 Å². The highest BCUT2D eigenvalue weighted by molar-refractivity contribution is 5.95. The number of carbonyl (C=O) groups is 1. The van der Waals surface area contributed by atoms with Gasteiger partial charge in [-0.3, -0.25) is 0 Å². The molecule has 1 aromatic heterocycles. The van der Waals surface area contributed by atoms with Crippen LogP contribution in [0.25, 0.3) is 11.1 Å². The highest BCUT2D eigenvalue weighted by atomic mass is 16.4. The molecule has 0 spiro atoms. The Labute approximate surface area is 86.2 Å². The molecule has 0 bridgehead atoms. The van der Waals surface area contributed by atoms with E-state index in [9.17, 15) is 4.79 Å². The lowest BCUT2D eigenvalue weighted by molar-refractivity contribution is 0.0698. The molecule has 0 aliphatic heterocycles. The molecule has 0 saturated heterocycles. The largest absolute Gasteiger partial charge is 0.478 e. The van der Waals surface area contributed by atoms with Gasteiger partial charge in [0, 0.05) is 18.0 Å². The highest BCUT2D eigenvalue weighted by Gasteiger charge is 2.10. The molecule has 0 amide bonds. The van der Waals surface area contributed by atoms with E-state index in [-0.39, 0.29) is 5.56 Å². The Morgan fingerprint density at radius 3 is 2.47 bits per heavy atom. The van der Waals surface area contributed by atoms with Crippen LogP contribution >= 0.6 is 0 Å². The predicted molar refractivity (Wildman–Crippen MR) is 54.4 cm³/mol. The fourth-order valence-corrected chi connectivity index (χ4v) is 1.36. The minimum absolute atomic E-state index is 0.257. The van der Waals surface area contributed by atoms with Crippen molar-refractivity contribution in [2.24, 2.45) is 0 Å². The van der Waals surface area contributed by atoms with Gasteiger partial charge in [0.1, 0.15) is 6.33 Å². The third-order valence-corrected chi connectivity index (χ3v) is 2.03. The topological polar surface area (TPSA) is 63.1 Å². The minimum atomic E-state index is -0.950. The minimum Gasteiger partial charge on any atom is -0.478 e. The summed E-state index contributed by atoms with van der Waals surface area (Å²) in [5.41, 5.74) is 1.59. The van der Waals surface area contributed by atoms with Crippen molar-refractivity contribution in [1.82, 2.24) is 9.97 Å². The first kappa shape index (κ1) is 9.33. The molecule has 4 heteroatoms. The van der Waals surface area contributed by atoms with Crippen molar-refractivity contribution in [3.63, 3.8) is 0 Å². The molecule has 0 radical (unpaired) electrons. The second kappa shape index (κ2) is 3.88. The molecule has 1 heterocycles. The molecule has 0 aliphatic carbocycles. The van der Waals surface area contributed by atoms with Crippen LogP contribution in [0.5, 0.6) is 0 Å². The van der Waals surface area contributed by atoms with Crippen molar-refractivity contribution in [2.75, 3.05) is 0 Å². The standard InChI is InChI=1S/C11H8N2O2/c14-11(15)10-4-2-1-3-9(10)8-5-12-7-13-6-8/h1-7H,(H,14,15). The van der Waals surface area contributed by atoms with Crippen molar-refractivity contribution in [2.45, 2.75) is 0 Å². The quantitative estimate of drug-likeness (QED) is 0.803. The van der Waals surface area contributed by atoms with E-state index in [0.29, 0.717) is 11.1 Å². The fourth-order valence-electron chi connectivity index (χ4n) is 1.36. The number of carboxylic acids is 1. The lowest BCUT2D eigenvalue weighted by Crippen LogP contribution is -1.99. The summed E-state index contributed by atoms with van der Waals surface area (Å²) < 4.78 is 0. The molecule has 2 rings (SSSR count). The lowest BCUT2D eigenvalue weighted by Gasteiger charge is -2.03. The molecule has 0 saturated carbocycles. The van der Waals surface area contributed by atoms with Gasteiger partial charge in [0.05, 0.1) is 5.56 Å². The van der Waals surface area contributed by atoms with E-state index in [0.717, 1.165) is 0 Å². The first-order valence-electron chi connectivity index (χ1n) is 4.37. The summed E-state index contributed by atoms with van der Waals surface area (Å²) in [6, 6.07) is 6.78. The number of carboxylic acid groups (broad SMARTS) is 1. The van der Waals surface area contributed by atoms with Crippen LogP contribution in [-0.4, -0.2) is 21.0 Å². The Kier molecular flexibility index (Phi) is 2.41. The second-order valence-corrected chi connectivity index (χ2v) is 2.98. The molecule has 0 unspecified atom stereocenters. The van der Waals surface area contributed by atoms with E-state index >= 15 is 0 Å². The summed E-state index contributed by atoms with van der Waals surface area (Å²) in [4.78, 5) is 18.7. The molecule has 0 aliphatic rings. The van der Waals surface area contributed by atoms with Crippen LogP contribution < -0.4 is 0 Å². The maximum atomic E-state index is 11.0. The molecule has 4 nitrogen and oxygen atoms in total. The van der Waals surface area contributed by atoms with Gasteiger partial charge >= 0.3 is 5.97 Å². The van der Waals surface area contributed by atoms with Crippen molar-refractivity contribution in [1.29, 1.82) is 0 Å². The molecular weight excluding hydrogens is 192 g/mol. The normalized spacial score (nSPS) is 9.87. The third-order valence-electron chi connectivity index (χ3n) is 2.03. The number of aromatic carboxylic acids is 1. The number of rotatable bonds is 2. The summed E-state index contributed by atoms with van der Waals surface area (Å²) >= 11 is 0. The van der Waals surface area contributed by atoms with E-state index in [1.54, 1.807) is 36.7 Å².